The Labute approximate surface area is 155 Å². The Morgan fingerprint density at radius 2 is 1.63 bits per heavy atom. The molecule has 0 bridgehead atoms. The summed E-state index contributed by atoms with van der Waals surface area (Å²) < 4.78 is 21.8. The standard InChI is InChI=1S/C19H18N2O6/c22-18(20-8-12-5-6-15-17(7-12)26-11-25-15)19(23)21-9-13-10-24-14-3-1-2-4-16(14)27-13/h1-7,13H,8-11H2,(H,20,22)(H,21,23). The molecule has 2 amide bonds. The van der Waals surface area contributed by atoms with Crippen molar-refractivity contribution >= 4 is 11.8 Å². The van der Waals surface area contributed by atoms with Gasteiger partial charge in [0.15, 0.2) is 23.0 Å². The number of benzene rings is 2. The zero-order valence-corrected chi connectivity index (χ0v) is 14.4. The van der Waals surface area contributed by atoms with Gasteiger partial charge in [0.1, 0.15) is 12.7 Å². The van der Waals surface area contributed by atoms with E-state index < -0.39 is 11.8 Å². The zero-order chi connectivity index (χ0) is 18.6. The zero-order valence-electron chi connectivity index (χ0n) is 14.4. The number of ether oxygens (including phenoxy) is 4. The first kappa shape index (κ1) is 17.0. The lowest BCUT2D eigenvalue weighted by atomic mass is 10.2. The minimum absolute atomic E-state index is 0.171. The van der Waals surface area contributed by atoms with Crippen LogP contribution >= 0.6 is 0 Å². The number of hydrogen-bond donors (Lipinski definition) is 2. The maximum Gasteiger partial charge on any atom is 0.309 e. The van der Waals surface area contributed by atoms with Crippen molar-refractivity contribution in [1.82, 2.24) is 10.6 Å². The minimum Gasteiger partial charge on any atom is -0.486 e. The van der Waals surface area contributed by atoms with Crippen LogP contribution in [0.15, 0.2) is 42.5 Å². The van der Waals surface area contributed by atoms with E-state index in [1.807, 2.05) is 18.2 Å². The smallest absolute Gasteiger partial charge is 0.309 e. The number of amides is 2. The van der Waals surface area contributed by atoms with Crippen molar-refractivity contribution < 1.29 is 28.5 Å². The van der Waals surface area contributed by atoms with E-state index in [1.54, 1.807) is 24.3 Å². The second-order valence-corrected chi connectivity index (χ2v) is 6.08. The Morgan fingerprint density at radius 3 is 2.52 bits per heavy atom. The molecular weight excluding hydrogens is 352 g/mol. The van der Waals surface area contributed by atoms with Crippen molar-refractivity contribution in [2.24, 2.45) is 0 Å². The van der Waals surface area contributed by atoms with E-state index >= 15 is 0 Å². The van der Waals surface area contributed by atoms with E-state index in [4.69, 9.17) is 18.9 Å². The van der Waals surface area contributed by atoms with Crippen LogP contribution in [0.5, 0.6) is 23.0 Å². The molecule has 2 heterocycles. The average Bonchev–Trinajstić information content (AvgIpc) is 3.18. The van der Waals surface area contributed by atoms with Crippen LogP contribution in [0.25, 0.3) is 0 Å². The topological polar surface area (TPSA) is 95.1 Å². The van der Waals surface area contributed by atoms with Gasteiger partial charge in [-0.1, -0.05) is 18.2 Å². The molecule has 27 heavy (non-hydrogen) atoms. The first-order valence-corrected chi connectivity index (χ1v) is 8.52. The van der Waals surface area contributed by atoms with E-state index in [9.17, 15) is 9.59 Å². The fraction of sp³-hybridized carbons (Fsp3) is 0.263. The predicted molar refractivity (Wildman–Crippen MR) is 93.8 cm³/mol. The molecule has 2 aliphatic rings. The summed E-state index contributed by atoms with van der Waals surface area (Å²) in [7, 11) is 0. The molecule has 0 aliphatic carbocycles. The Morgan fingerprint density at radius 1 is 0.889 bits per heavy atom. The number of hydrogen-bond acceptors (Lipinski definition) is 6. The molecule has 140 valence electrons. The second-order valence-electron chi connectivity index (χ2n) is 6.08. The summed E-state index contributed by atoms with van der Waals surface area (Å²) in [4.78, 5) is 23.9. The molecule has 0 aromatic heterocycles. The number of carbonyl (C=O) groups is 2. The predicted octanol–water partition coefficient (Wildman–Crippen LogP) is 0.988. The van der Waals surface area contributed by atoms with E-state index in [-0.39, 0.29) is 26.0 Å². The van der Waals surface area contributed by atoms with Crippen LogP contribution < -0.4 is 29.6 Å². The van der Waals surface area contributed by atoms with Crippen molar-refractivity contribution in [1.29, 1.82) is 0 Å². The van der Waals surface area contributed by atoms with Crippen LogP contribution in [0.4, 0.5) is 0 Å². The summed E-state index contributed by atoms with van der Waals surface area (Å²) in [5.41, 5.74) is 0.807. The molecule has 0 saturated carbocycles. The molecule has 2 aliphatic heterocycles. The molecule has 8 heteroatoms. The van der Waals surface area contributed by atoms with Gasteiger partial charge in [0, 0.05) is 6.54 Å². The third kappa shape index (κ3) is 3.89. The Bertz CT molecular complexity index is 869. The summed E-state index contributed by atoms with van der Waals surface area (Å²) in [6.07, 6.45) is -0.356. The Hall–Kier alpha value is -3.42. The van der Waals surface area contributed by atoms with E-state index in [0.29, 0.717) is 29.6 Å². The highest BCUT2D eigenvalue weighted by molar-refractivity contribution is 6.35. The molecule has 0 radical (unpaired) electrons. The summed E-state index contributed by atoms with van der Waals surface area (Å²) >= 11 is 0. The number of para-hydroxylation sites is 2. The first-order valence-electron chi connectivity index (χ1n) is 8.52. The van der Waals surface area contributed by atoms with Crippen molar-refractivity contribution in [3.05, 3.63) is 48.0 Å². The van der Waals surface area contributed by atoms with Gasteiger partial charge in [-0.05, 0) is 29.8 Å². The van der Waals surface area contributed by atoms with E-state index in [2.05, 4.69) is 10.6 Å². The largest absolute Gasteiger partial charge is 0.486 e. The van der Waals surface area contributed by atoms with Crippen LogP contribution in [0, 0.1) is 0 Å². The highest BCUT2D eigenvalue weighted by atomic mass is 16.7. The van der Waals surface area contributed by atoms with Gasteiger partial charge in [0.2, 0.25) is 6.79 Å². The lowest BCUT2D eigenvalue weighted by Crippen LogP contribution is -2.45. The molecule has 8 nitrogen and oxygen atoms in total. The fourth-order valence-corrected chi connectivity index (χ4v) is 2.76. The van der Waals surface area contributed by atoms with Gasteiger partial charge in [-0.25, -0.2) is 0 Å². The van der Waals surface area contributed by atoms with Gasteiger partial charge in [-0.15, -0.1) is 0 Å². The van der Waals surface area contributed by atoms with Crippen LogP contribution in [0.2, 0.25) is 0 Å². The average molecular weight is 370 g/mol. The van der Waals surface area contributed by atoms with E-state index in [1.165, 1.54) is 0 Å². The van der Waals surface area contributed by atoms with Gasteiger partial charge in [0.25, 0.3) is 0 Å². The maximum absolute atomic E-state index is 12.0. The third-order valence-electron chi connectivity index (χ3n) is 4.15. The summed E-state index contributed by atoms with van der Waals surface area (Å²) in [6, 6.07) is 12.6. The molecule has 0 saturated heterocycles. The number of carbonyl (C=O) groups excluding carboxylic acids is 2. The maximum atomic E-state index is 12.0. The van der Waals surface area contributed by atoms with Crippen LogP contribution in [0.3, 0.4) is 0 Å². The van der Waals surface area contributed by atoms with Crippen molar-refractivity contribution in [3.8, 4) is 23.0 Å². The molecule has 2 aromatic rings. The SMILES string of the molecule is O=C(NCc1ccc2c(c1)OCO2)C(=O)NCC1COc2ccccc2O1. The fourth-order valence-electron chi connectivity index (χ4n) is 2.76. The molecule has 0 spiro atoms. The van der Waals surface area contributed by atoms with Crippen LogP contribution in [-0.2, 0) is 16.1 Å². The van der Waals surface area contributed by atoms with Crippen LogP contribution in [-0.4, -0.2) is 37.9 Å². The van der Waals surface area contributed by atoms with Crippen molar-refractivity contribution in [2.75, 3.05) is 19.9 Å². The normalized spacial score (nSPS) is 16.5. The summed E-state index contributed by atoms with van der Waals surface area (Å²) in [5, 5.41) is 5.13. The van der Waals surface area contributed by atoms with E-state index in [0.717, 1.165) is 5.56 Å². The van der Waals surface area contributed by atoms with Gasteiger partial charge in [-0.2, -0.15) is 0 Å². The number of nitrogens with one attached hydrogen (secondary N) is 2. The molecular formula is C19H18N2O6. The van der Waals surface area contributed by atoms with Gasteiger partial charge in [0.05, 0.1) is 6.54 Å². The quantitative estimate of drug-likeness (QED) is 0.780. The molecule has 4 rings (SSSR count). The first-order chi connectivity index (χ1) is 13.2. The minimum atomic E-state index is -0.724. The summed E-state index contributed by atoms with van der Waals surface area (Å²) in [6.45, 7) is 0.866. The molecule has 1 atom stereocenters. The molecule has 0 fully saturated rings. The third-order valence-corrected chi connectivity index (χ3v) is 4.15. The number of rotatable bonds is 4. The van der Waals surface area contributed by atoms with Gasteiger partial charge < -0.3 is 29.6 Å². The monoisotopic (exact) mass is 370 g/mol. The molecule has 2 N–H and O–H groups in total. The Kier molecular flexibility index (Phi) is 4.69. The van der Waals surface area contributed by atoms with Gasteiger partial charge in [-0.3, -0.25) is 9.59 Å². The molecule has 1 unspecified atom stereocenters. The van der Waals surface area contributed by atoms with Crippen molar-refractivity contribution in [2.45, 2.75) is 12.6 Å². The Balaban J connectivity index is 1.23. The number of fused-ring (bicyclic) bond motifs is 2. The van der Waals surface area contributed by atoms with Gasteiger partial charge >= 0.3 is 11.8 Å². The van der Waals surface area contributed by atoms with Crippen LogP contribution in [0.1, 0.15) is 5.56 Å². The lowest BCUT2D eigenvalue weighted by molar-refractivity contribution is -0.139. The summed E-state index contributed by atoms with van der Waals surface area (Å²) in [5.74, 6) is 1.14. The lowest BCUT2D eigenvalue weighted by Gasteiger charge is -2.26. The highest BCUT2D eigenvalue weighted by Crippen LogP contribution is 2.32. The second kappa shape index (κ2) is 7.45. The highest BCUT2D eigenvalue weighted by Gasteiger charge is 2.22. The molecule has 2 aromatic carbocycles. The van der Waals surface area contributed by atoms with Crippen molar-refractivity contribution in [3.63, 3.8) is 0 Å².